The third-order valence-electron chi connectivity index (χ3n) is 4.81. The molecule has 1 unspecified atom stereocenters. The summed E-state index contributed by atoms with van der Waals surface area (Å²) >= 11 is 0. The number of nitrogens with one attached hydrogen (secondary N) is 2. The summed E-state index contributed by atoms with van der Waals surface area (Å²) in [5, 5.41) is 13.3. The molecule has 0 radical (unpaired) electrons. The number of hydrogen-bond donors (Lipinski definition) is 3. The van der Waals surface area contributed by atoms with Crippen LogP contribution in [0.15, 0.2) is 30.3 Å². The molecule has 5 nitrogen and oxygen atoms in total. The van der Waals surface area contributed by atoms with Gasteiger partial charge >= 0.3 is 6.03 Å². The molecular formula is C17H24N2O3. The lowest BCUT2D eigenvalue weighted by atomic mass is 9.93. The first-order valence-corrected chi connectivity index (χ1v) is 8.12. The average Bonchev–Trinajstić information content (AvgIpc) is 3.17. The molecule has 0 bridgehead atoms. The molecule has 120 valence electrons. The Morgan fingerprint density at radius 2 is 1.95 bits per heavy atom. The molecule has 0 spiro atoms. The topological polar surface area (TPSA) is 70.6 Å². The van der Waals surface area contributed by atoms with Crippen molar-refractivity contribution in [2.45, 2.75) is 50.7 Å². The maximum absolute atomic E-state index is 11.8. The normalized spacial score (nSPS) is 21.3. The van der Waals surface area contributed by atoms with E-state index in [0.717, 1.165) is 31.2 Å². The van der Waals surface area contributed by atoms with E-state index in [1.807, 2.05) is 30.3 Å². The van der Waals surface area contributed by atoms with Gasteiger partial charge in [0, 0.05) is 12.0 Å². The highest BCUT2D eigenvalue weighted by Crippen LogP contribution is 2.54. The van der Waals surface area contributed by atoms with Crippen LogP contribution in [-0.4, -0.2) is 23.8 Å². The van der Waals surface area contributed by atoms with E-state index < -0.39 is 6.10 Å². The fourth-order valence-electron chi connectivity index (χ4n) is 3.13. The van der Waals surface area contributed by atoms with Gasteiger partial charge in [-0.05, 0) is 31.2 Å². The third-order valence-corrected chi connectivity index (χ3v) is 4.81. The molecule has 2 aliphatic carbocycles. The van der Waals surface area contributed by atoms with Crippen molar-refractivity contribution in [3.63, 3.8) is 0 Å². The first-order chi connectivity index (χ1) is 10.7. The van der Waals surface area contributed by atoms with Gasteiger partial charge in [0.1, 0.15) is 0 Å². The molecule has 1 aromatic carbocycles. The Hall–Kier alpha value is -1.59. The summed E-state index contributed by atoms with van der Waals surface area (Å²) in [6.45, 7) is 0.461. The second-order valence-electron chi connectivity index (χ2n) is 6.48. The zero-order valence-electron chi connectivity index (χ0n) is 12.8. The van der Waals surface area contributed by atoms with E-state index in [1.54, 1.807) is 0 Å². The van der Waals surface area contributed by atoms with Crippen molar-refractivity contribution >= 4 is 6.03 Å². The SMILES string of the molecule is O=C(NCC1(C(O)c2ccccc2)CC1)NOC1CCCC1. The van der Waals surface area contributed by atoms with Crippen LogP contribution in [0.3, 0.4) is 0 Å². The molecule has 2 aliphatic rings. The molecular weight excluding hydrogens is 280 g/mol. The van der Waals surface area contributed by atoms with Crippen LogP contribution in [0.2, 0.25) is 0 Å². The smallest absolute Gasteiger partial charge is 0.338 e. The third kappa shape index (κ3) is 3.59. The molecule has 1 atom stereocenters. The monoisotopic (exact) mass is 304 g/mol. The van der Waals surface area contributed by atoms with E-state index in [4.69, 9.17) is 4.84 Å². The standard InChI is InChI=1S/C17H24N2O3/c20-15(13-6-2-1-3-7-13)17(10-11-17)12-18-16(21)19-22-14-8-4-5-9-14/h1-3,6-7,14-15,20H,4-5,8-12H2,(H2,18,19,21). The summed E-state index contributed by atoms with van der Waals surface area (Å²) < 4.78 is 0. The number of hydrogen-bond acceptors (Lipinski definition) is 3. The number of aliphatic hydroxyl groups is 1. The Kier molecular flexibility index (Phi) is 4.64. The minimum Gasteiger partial charge on any atom is -0.388 e. The highest BCUT2D eigenvalue weighted by Gasteiger charge is 2.49. The van der Waals surface area contributed by atoms with Crippen molar-refractivity contribution in [3.8, 4) is 0 Å². The quantitative estimate of drug-likeness (QED) is 0.708. The van der Waals surface area contributed by atoms with Crippen LogP contribution in [0.1, 0.15) is 50.2 Å². The summed E-state index contributed by atoms with van der Waals surface area (Å²) in [5.41, 5.74) is 3.15. The van der Waals surface area contributed by atoms with E-state index in [2.05, 4.69) is 10.8 Å². The van der Waals surface area contributed by atoms with Crippen molar-refractivity contribution in [1.82, 2.24) is 10.8 Å². The second kappa shape index (κ2) is 6.67. The number of benzene rings is 1. The molecule has 0 saturated heterocycles. The van der Waals surface area contributed by atoms with E-state index in [0.29, 0.717) is 6.54 Å². The Bertz CT molecular complexity index is 496. The fraction of sp³-hybridized carbons (Fsp3) is 0.588. The minimum absolute atomic E-state index is 0.149. The fourth-order valence-corrected chi connectivity index (χ4v) is 3.13. The number of urea groups is 1. The number of amides is 2. The first-order valence-electron chi connectivity index (χ1n) is 8.12. The summed E-state index contributed by atoms with van der Waals surface area (Å²) in [6.07, 6.45) is 5.81. The number of hydroxylamine groups is 1. The van der Waals surface area contributed by atoms with E-state index in [1.165, 1.54) is 12.8 Å². The molecule has 0 aliphatic heterocycles. The molecule has 3 N–H and O–H groups in total. The van der Waals surface area contributed by atoms with E-state index >= 15 is 0 Å². The molecule has 3 rings (SSSR count). The lowest BCUT2D eigenvalue weighted by molar-refractivity contribution is -0.000730. The molecule has 2 fully saturated rings. The number of rotatable bonds is 6. The van der Waals surface area contributed by atoms with Gasteiger partial charge in [-0.2, -0.15) is 0 Å². The Morgan fingerprint density at radius 3 is 2.59 bits per heavy atom. The number of aliphatic hydroxyl groups excluding tert-OH is 1. The van der Waals surface area contributed by atoms with Gasteiger partial charge in [0.2, 0.25) is 0 Å². The number of carbonyl (C=O) groups excluding carboxylic acids is 1. The van der Waals surface area contributed by atoms with Gasteiger partial charge in [0.05, 0.1) is 12.2 Å². The van der Waals surface area contributed by atoms with Gasteiger partial charge in [-0.3, -0.25) is 4.84 Å². The summed E-state index contributed by atoms with van der Waals surface area (Å²) in [4.78, 5) is 17.2. The molecule has 1 aromatic rings. The van der Waals surface area contributed by atoms with Crippen LogP contribution < -0.4 is 10.8 Å². The van der Waals surface area contributed by atoms with E-state index in [-0.39, 0.29) is 17.6 Å². The van der Waals surface area contributed by atoms with E-state index in [9.17, 15) is 9.90 Å². The van der Waals surface area contributed by atoms with Crippen LogP contribution in [0.5, 0.6) is 0 Å². The van der Waals surface area contributed by atoms with Gasteiger partial charge in [0.25, 0.3) is 0 Å². The van der Waals surface area contributed by atoms with Crippen LogP contribution >= 0.6 is 0 Å². The van der Waals surface area contributed by atoms with Crippen molar-refractivity contribution in [2.24, 2.45) is 5.41 Å². The molecule has 5 heteroatoms. The molecule has 0 heterocycles. The predicted molar refractivity (Wildman–Crippen MR) is 82.9 cm³/mol. The van der Waals surface area contributed by atoms with Gasteiger partial charge in [-0.25, -0.2) is 10.3 Å². The van der Waals surface area contributed by atoms with Gasteiger partial charge in [0.15, 0.2) is 0 Å². The van der Waals surface area contributed by atoms with Crippen molar-refractivity contribution in [2.75, 3.05) is 6.54 Å². The Labute approximate surface area is 131 Å². The maximum atomic E-state index is 11.8. The Balaban J connectivity index is 1.45. The van der Waals surface area contributed by atoms with Gasteiger partial charge in [-0.1, -0.05) is 43.2 Å². The van der Waals surface area contributed by atoms with Gasteiger partial charge < -0.3 is 10.4 Å². The van der Waals surface area contributed by atoms with Crippen LogP contribution in [-0.2, 0) is 4.84 Å². The summed E-state index contributed by atoms with van der Waals surface area (Å²) in [6, 6.07) is 9.30. The predicted octanol–water partition coefficient (Wildman–Crippen LogP) is 2.67. The van der Waals surface area contributed by atoms with Crippen LogP contribution in [0.4, 0.5) is 4.79 Å². The van der Waals surface area contributed by atoms with Crippen LogP contribution in [0, 0.1) is 5.41 Å². The van der Waals surface area contributed by atoms with Crippen molar-refractivity contribution < 1.29 is 14.7 Å². The minimum atomic E-state index is -0.537. The second-order valence-corrected chi connectivity index (χ2v) is 6.48. The van der Waals surface area contributed by atoms with Crippen molar-refractivity contribution in [1.29, 1.82) is 0 Å². The zero-order chi connectivity index (χ0) is 15.4. The largest absolute Gasteiger partial charge is 0.388 e. The number of carbonyl (C=O) groups is 1. The lowest BCUT2D eigenvalue weighted by Gasteiger charge is -2.23. The summed E-state index contributed by atoms with van der Waals surface area (Å²) in [7, 11) is 0. The van der Waals surface area contributed by atoms with Crippen molar-refractivity contribution in [3.05, 3.63) is 35.9 Å². The van der Waals surface area contributed by atoms with Gasteiger partial charge in [-0.15, -0.1) is 0 Å². The zero-order valence-corrected chi connectivity index (χ0v) is 12.8. The van der Waals surface area contributed by atoms with Crippen LogP contribution in [0.25, 0.3) is 0 Å². The molecule has 22 heavy (non-hydrogen) atoms. The average molecular weight is 304 g/mol. The lowest BCUT2D eigenvalue weighted by Crippen LogP contribution is -2.41. The molecule has 0 aromatic heterocycles. The maximum Gasteiger partial charge on any atom is 0.338 e. The first kappa shape index (κ1) is 15.3. The molecule has 2 saturated carbocycles. The Morgan fingerprint density at radius 1 is 1.27 bits per heavy atom. The highest BCUT2D eigenvalue weighted by atomic mass is 16.7. The highest BCUT2D eigenvalue weighted by molar-refractivity contribution is 5.72. The summed E-state index contributed by atoms with van der Waals surface area (Å²) in [5.74, 6) is 0. The molecule has 2 amide bonds.